The molecule has 1 nitrogen and oxygen atoms in total. The van der Waals surface area contributed by atoms with Crippen LogP contribution < -0.4 is 0 Å². The summed E-state index contributed by atoms with van der Waals surface area (Å²) in [7, 11) is 0. The molecule has 12 heavy (non-hydrogen) atoms. The molecule has 0 N–H and O–H groups in total. The maximum Gasteiger partial charge on any atom is 0.103 e. The van der Waals surface area contributed by atoms with Crippen LogP contribution in [0.15, 0.2) is 12.3 Å². The smallest absolute Gasteiger partial charge is 0.103 e. The SMILES string of the molecule is C=C(C)OCC1CC(C)C(F)C1. The lowest BCUT2D eigenvalue weighted by molar-refractivity contribution is 0.165. The van der Waals surface area contributed by atoms with Crippen LogP contribution in [-0.2, 0) is 4.74 Å². The topological polar surface area (TPSA) is 9.23 Å². The first-order valence-electron chi connectivity index (χ1n) is 4.52. The number of halogens is 1. The van der Waals surface area contributed by atoms with E-state index in [1.54, 1.807) is 0 Å². The van der Waals surface area contributed by atoms with E-state index >= 15 is 0 Å². The summed E-state index contributed by atoms with van der Waals surface area (Å²) in [4.78, 5) is 0. The Kier molecular flexibility index (Phi) is 3.12. The Morgan fingerprint density at radius 1 is 1.58 bits per heavy atom. The maximum absolute atomic E-state index is 13.0. The highest BCUT2D eigenvalue weighted by atomic mass is 19.1. The van der Waals surface area contributed by atoms with Crippen LogP contribution >= 0.6 is 0 Å². The first-order valence-corrected chi connectivity index (χ1v) is 4.52. The number of allylic oxidation sites excluding steroid dienone is 1. The second-order valence-corrected chi connectivity index (χ2v) is 3.84. The highest BCUT2D eigenvalue weighted by molar-refractivity contribution is 4.82. The van der Waals surface area contributed by atoms with Gasteiger partial charge in [-0.25, -0.2) is 4.39 Å². The number of alkyl halides is 1. The van der Waals surface area contributed by atoms with Gasteiger partial charge in [-0.3, -0.25) is 0 Å². The predicted molar refractivity (Wildman–Crippen MR) is 47.6 cm³/mol. The Morgan fingerprint density at radius 3 is 2.67 bits per heavy atom. The third-order valence-corrected chi connectivity index (χ3v) is 2.45. The monoisotopic (exact) mass is 172 g/mol. The minimum Gasteiger partial charge on any atom is -0.499 e. The van der Waals surface area contributed by atoms with E-state index < -0.39 is 6.17 Å². The highest BCUT2D eigenvalue weighted by Gasteiger charge is 2.31. The average Bonchev–Trinajstić information content (AvgIpc) is 2.28. The number of rotatable bonds is 3. The fourth-order valence-electron chi connectivity index (χ4n) is 1.72. The molecule has 2 heteroatoms. The van der Waals surface area contributed by atoms with Crippen molar-refractivity contribution >= 4 is 0 Å². The van der Waals surface area contributed by atoms with Crippen molar-refractivity contribution in [2.75, 3.05) is 6.61 Å². The quantitative estimate of drug-likeness (QED) is 0.595. The van der Waals surface area contributed by atoms with Gasteiger partial charge in [0, 0.05) is 0 Å². The van der Waals surface area contributed by atoms with E-state index in [1.807, 2.05) is 13.8 Å². The second-order valence-electron chi connectivity index (χ2n) is 3.84. The van der Waals surface area contributed by atoms with Crippen molar-refractivity contribution in [2.45, 2.75) is 32.9 Å². The molecule has 0 bridgehead atoms. The van der Waals surface area contributed by atoms with Crippen LogP contribution in [0, 0.1) is 11.8 Å². The van der Waals surface area contributed by atoms with Crippen LogP contribution in [0.5, 0.6) is 0 Å². The summed E-state index contributed by atoms with van der Waals surface area (Å²) >= 11 is 0. The lowest BCUT2D eigenvalue weighted by Crippen LogP contribution is -2.05. The molecule has 3 unspecified atom stereocenters. The van der Waals surface area contributed by atoms with Crippen LogP contribution in [-0.4, -0.2) is 12.8 Å². The third-order valence-electron chi connectivity index (χ3n) is 2.45. The Balaban J connectivity index is 2.23. The second kappa shape index (κ2) is 3.92. The molecule has 0 radical (unpaired) electrons. The van der Waals surface area contributed by atoms with Crippen molar-refractivity contribution in [3.63, 3.8) is 0 Å². The Hall–Kier alpha value is -0.530. The molecule has 1 aliphatic carbocycles. The van der Waals surface area contributed by atoms with E-state index in [-0.39, 0.29) is 5.92 Å². The fraction of sp³-hybridized carbons (Fsp3) is 0.800. The van der Waals surface area contributed by atoms with Crippen molar-refractivity contribution < 1.29 is 9.13 Å². The summed E-state index contributed by atoms with van der Waals surface area (Å²) in [6.07, 6.45) is 0.992. The van der Waals surface area contributed by atoms with Crippen molar-refractivity contribution in [2.24, 2.45) is 11.8 Å². The van der Waals surface area contributed by atoms with Gasteiger partial charge in [0.05, 0.1) is 12.4 Å². The zero-order valence-electron chi connectivity index (χ0n) is 7.85. The summed E-state index contributed by atoms with van der Waals surface area (Å²) in [5.74, 6) is 1.33. The van der Waals surface area contributed by atoms with Crippen LogP contribution in [0.2, 0.25) is 0 Å². The molecule has 3 atom stereocenters. The third kappa shape index (κ3) is 2.50. The molecule has 1 aliphatic rings. The van der Waals surface area contributed by atoms with Gasteiger partial charge in [0.25, 0.3) is 0 Å². The van der Waals surface area contributed by atoms with E-state index in [9.17, 15) is 4.39 Å². The lowest BCUT2D eigenvalue weighted by Gasteiger charge is -2.10. The first kappa shape index (κ1) is 9.56. The number of hydrogen-bond acceptors (Lipinski definition) is 1. The van der Waals surface area contributed by atoms with Gasteiger partial charge in [0.15, 0.2) is 0 Å². The molecule has 0 aromatic carbocycles. The molecule has 0 aromatic rings. The van der Waals surface area contributed by atoms with E-state index in [4.69, 9.17) is 4.74 Å². The molecule has 70 valence electrons. The van der Waals surface area contributed by atoms with E-state index in [2.05, 4.69) is 6.58 Å². The standard InChI is InChI=1S/C10H17FO/c1-7(2)12-6-9-4-8(3)10(11)5-9/h8-10H,1,4-6H2,2-3H3. The van der Waals surface area contributed by atoms with Gasteiger partial charge >= 0.3 is 0 Å². The predicted octanol–water partition coefficient (Wildman–Crippen LogP) is 2.92. The molecule has 0 amide bonds. The van der Waals surface area contributed by atoms with Gasteiger partial charge < -0.3 is 4.74 Å². The van der Waals surface area contributed by atoms with Gasteiger partial charge in [-0.05, 0) is 31.6 Å². The Bertz CT molecular complexity index is 157. The molecule has 0 aliphatic heterocycles. The molecule has 0 spiro atoms. The lowest BCUT2D eigenvalue weighted by atomic mass is 10.1. The number of ether oxygens (including phenoxy) is 1. The molecule has 0 aromatic heterocycles. The molecule has 0 saturated heterocycles. The molecule has 1 fully saturated rings. The normalized spacial score (nSPS) is 35.1. The van der Waals surface area contributed by atoms with Gasteiger partial charge in [0.1, 0.15) is 6.17 Å². The van der Waals surface area contributed by atoms with Crippen molar-refractivity contribution in [3.8, 4) is 0 Å². The van der Waals surface area contributed by atoms with E-state index in [0.717, 1.165) is 12.2 Å². The van der Waals surface area contributed by atoms with Gasteiger partial charge in [-0.15, -0.1) is 0 Å². The van der Waals surface area contributed by atoms with Gasteiger partial charge in [-0.1, -0.05) is 13.5 Å². The van der Waals surface area contributed by atoms with Gasteiger partial charge in [0.2, 0.25) is 0 Å². The van der Waals surface area contributed by atoms with E-state index in [0.29, 0.717) is 18.9 Å². The van der Waals surface area contributed by atoms with Crippen LogP contribution in [0.3, 0.4) is 0 Å². The van der Waals surface area contributed by atoms with Crippen molar-refractivity contribution in [3.05, 3.63) is 12.3 Å². The van der Waals surface area contributed by atoms with Crippen molar-refractivity contribution in [1.82, 2.24) is 0 Å². The largest absolute Gasteiger partial charge is 0.499 e. The minimum atomic E-state index is -0.622. The summed E-state index contributed by atoms with van der Waals surface area (Å²) in [5.41, 5.74) is 0. The van der Waals surface area contributed by atoms with Crippen LogP contribution in [0.25, 0.3) is 0 Å². The molecular weight excluding hydrogens is 155 g/mol. The zero-order chi connectivity index (χ0) is 9.14. The molecule has 1 rings (SSSR count). The highest BCUT2D eigenvalue weighted by Crippen LogP contribution is 2.33. The summed E-state index contributed by atoms with van der Waals surface area (Å²) in [6, 6.07) is 0. The molecular formula is C10H17FO. The summed E-state index contributed by atoms with van der Waals surface area (Å²) < 4.78 is 18.3. The maximum atomic E-state index is 13.0. The zero-order valence-corrected chi connectivity index (χ0v) is 7.85. The van der Waals surface area contributed by atoms with Crippen molar-refractivity contribution in [1.29, 1.82) is 0 Å². The molecule has 0 heterocycles. The summed E-state index contributed by atoms with van der Waals surface area (Å²) in [5, 5.41) is 0. The van der Waals surface area contributed by atoms with Crippen LogP contribution in [0.1, 0.15) is 26.7 Å². The average molecular weight is 172 g/mol. The molecule has 1 saturated carbocycles. The Labute approximate surface area is 73.6 Å². The number of hydrogen-bond donors (Lipinski definition) is 0. The first-order chi connectivity index (χ1) is 5.59. The summed E-state index contributed by atoms with van der Waals surface area (Å²) in [6.45, 7) is 8.07. The minimum absolute atomic E-state index is 0.212. The van der Waals surface area contributed by atoms with Gasteiger partial charge in [-0.2, -0.15) is 0 Å². The van der Waals surface area contributed by atoms with E-state index in [1.165, 1.54) is 0 Å². The fourth-order valence-corrected chi connectivity index (χ4v) is 1.72. The van der Waals surface area contributed by atoms with Crippen LogP contribution in [0.4, 0.5) is 4.39 Å². The Morgan fingerprint density at radius 2 is 2.25 bits per heavy atom.